The molecule has 2 aromatic rings. The van der Waals surface area contributed by atoms with Gasteiger partial charge in [-0.15, -0.1) is 17.8 Å². The molecule has 0 unspecified atom stereocenters. The monoisotopic (exact) mass is 444 g/mol. The molecule has 1 fully saturated rings. The summed E-state index contributed by atoms with van der Waals surface area (Å²) in [6.07, 6.45) is 7.46. The number of ether oxygens (including phenoxy) is 1. The lowest BCUT2D eigenvalue weighted by Gasteiger charge is -2.30. The molecular weight excluding hydrogens is 424 g/mol. The maximum Gasteiger partial charge on any atom is 0.410 e. The summed E-state index contributed by atoms with van der Waals surface area (Å²) >= 11 is 1.36. The van der Waals surface area contributed by atoms with Crippen LogP contribution in [0.5, 0.6) is 0 Å². The normalized spacial score (nSPS) is 13.9. The summed E-state index contributed by atoms with van der Waals surface area (Å²) in [4.78, 5) is 45.0. The topological polar surface area (TPSA) is 131 Å². The van der Waals surface area contributed by atoms with Crippen LogP contribution in [0.2, 0.25) is 0 Å². The van der Waals surface area contributed by atoms with Crippen LogP contribution in [-0.2, 0) is 4.74 Å². The average molecular weight is 444 g/mol. The summed E-state index contributed by atoms with van der Waals surface area (Å²) in [6, 6.07) is 2.75. The van der Waals surface area contributed by atoms with E-state index in [-0.39, 0.29) is 29.7 Å². The summed E-state index contributed by atoms with van der Waals surface area (Å²) in [5.74, 6) is 1.90. The Bertz CT molecular complexity index is 1010. The number of hydrazine groups is 1. The number of nitrogens with zero attached hydrogens (tertiary/aromatic N) is 5. The number of nitrogens with one attached hydrogen (secondary N) is 1. The summed E-state index contributed by atoms with van der Waals surface area (Å²) in [6.45, 7) is 0.975. The summed E-state index contributed by atoms with van der Waals surface area (Å²) in [5, 5.41) is 14.8. The third-order valence-corrected chi connectivity index (χ3v) is 5.69. The van der Waals surface area contributed by atoms with E-state index in [4.69, 9.17) is 11.2 Å². The van der Waals surface area contributed by atoms with Crippen molar-refractivity contribution in [1.82, 2.24) is 20.3 Å². The zero-order chi connectivity index (χ0) is 22.4. The predicted molar refractivity (Wildman–Crippen MR) is 113 cm³/mol. The van der Waals surface area contributed by atoms with Crippen LogP contribution in [0.4, 0.5) is 16.3 Å². The Morgan fingerprint density at radius 1 is 1.48 bits per heavy atom. The molecule has 2 amide bonds. The van der Waals surface area contributed by atoms with Crippen LogP contribution < -0.4 is 10.4 Å². The highest BCUT2D eigenvalue weighted by atomic mass is 32.1. The molecule has 0 spiro atoms. The number of hydrogen-bond acceptors (Lipinski definition) is 9. The van der Waals surface area contributed by atoms with Gasteiger partial charge in [-0.1, -0.05) is 5.92 Å². The largest absolute Gasteiger partial charge is 0.436 e. The minimum Gasteiger partial charge on any atom is -0.436 e. The van der Waals surface area contributed by atoms with E-state index in [2.05, 4.69) is 21.3 Å². The maximum absolute atomic E-state index is 12.6. The number of anilines is 1. The Balaban J connectivity index is 1.59. The number of nitro groups is 1. The zero-order valence-corrected chi connectivity index (χ0v) is 17.5. The van der Waals surface area contributed by atoms with Gasteiger partial charge in [0.1, 0.15) is 5.69 Å². The first kappa shape index (κ1) is 22.0. The molecule has 1 N–H and O–H groups in total. The number of hydrogen-bond donors (Lipinski definition) is 1. The van der Waals surface area contributed by atoms with Crippen molar-refractivity contribution in [3.05, 3.63) is 44.5 Å². The van der Waals surface area contributed by atoms with Crippen LogP contribution in [0.15, 0.2) is 23.7 Å². The van der Waals surface area contributed by atoms with E-state index in [1.165, 1.54) is 41.7 Å². The summed E-state index contributed by atoms with van der Waals surface area (Å²) in [7, 11) is 1.47. The van der Waals surface area contributed by atoms with Gasteiger partial charge >= 0.3 is 11.8 Å². The van der Waals surface area contributed by atoms with E-state index in [0.29, 0.717) is 25.9 Å². The summed E-state index contributed by atoms with van der Waals surface area (Å²) in [5.41, 5.74) is 2.54. The van der Waals surface area contributed by atoms with Crippen LogP contribution >= 0.6 is 11.3 Å². The number of terminal acetylenes is 1. The SMILES string of the molecule is C#CCOC(=O)N1CCC(c2nc(C(=O)NN(C)c3ncccc3[N+](=O)[O-])cs2)CC1. The fraction of sp³-hybridized carbons (Fsp3) is 0.368. The van der Waals surface area contributed by atoms with Gasteiger partial charge in [0.05, 0.1) is 9.93 Å². The number of piperidine rings is 1. The van der Waals surface area contributed by atoms with E-state index < -0.39 is 16.9 Å². The quantitative estimate of drug-likeness (QED) is 0.407. The van der Waals surface area contributed by atoms with E-state index in [0.717, 1.165) is 5.01 Å². The molecular formula is C19H20N6O5S. The van der Waals surface area contributed by atoms with Crippen molar-refractivity contribution in [3.63, 3.8) is 0 Å². The first-order valence-corrected chi connectivity index (χ1v) is 10.2. The first-order valence-electron chi connectivity index (χ1n) is 9.35. The number of carbonyl (C=O) groups excluding carboxylic acids is 2. The lowest BCUT2D eigenvalue weighted by molar-refractivity contribution is -0.384. The second kappa shape index (κ2) is 9.86. The molecule has 1 saturated heterocycles. The molecule has 0 bridgehead atoms. The van der Waals surface area contributed by atoms with Crippen molar-refractivity contribution in [2.75, 3.05) is 31.8 Å². The lowest BCUT2D eigenvalue weighted by Crippen LogP contribution is -2.40. The molecule has 2 aromatic heterocycles. The molecule has 3 heterocycles. The van der Waals surface area contributed by atoms with Gasteiger partial charge < -0.3 is 9.64 Å². The Morgan fingerprint density at radius 2 is 2.23 bits per heavy atom. The van der Waals surface area contributed by atoms with Crippen molar-refractivity contribution in [1.29, 1.82) is 0 Å². The molecule has 3 rings (SSSR count). The van der Waals surface area contributed by atoms with E-state index >= 15 is 0 Å². The zero-order valence-electron chi connectivity index (χ0n) is 16.7. The van der Waals surface area contributed by atoms with Gasteiger partial charge in [0.25, 0.3) is 5.91 Å². The molecule has 0 atom stereocenters. The summed E-state index contributed by atoms with van der Waals surface area (Å²) < 4.78 is 4.94. The Morgan fingerprint density at radius 3 is 2.90 bits per heavy atom. The van der Waals surface area contributed by atoms with Crippen LogP contribution in [0.3, 0.4) is 0 Å². The molecule has 31 heavy (non-hydrogen) atoms. The van der Waals surface area contributed by atoms with Gasteiger partial charge in [0.2, 0.25) is 5.82 Å². The number of aromatic nitrogens is 2. The Kier molecular flexibility index (Phi) is 6.99. The number of amides is 2. The smallest absolute Gasteiger partial charge is 0.410 e. The lowest BCUT2D eigenvalue weighted by atomic mass is 9.98. The minimum absolute atomic E-state index is 0.0143. The van der Waals surface area contributed by atoms with Crippen molar-refractivity contribution in [2.24, 2.45) is 0 Å². The standard InChI is InChI=1S/C19H20N6O5S/c1-3-11-30-19(27)24-9-6-13(7-10-24)18-21-14(12-31-18)17(26)22-23(2)16-15(25(28)29)5-4-8-20-16/h1,4-5,8,12-13H,6-7,9-11H2,2H3,(H,22,26). The number of pyridine rings is 1. The molecule has 162 valence electrons. The van der Waals surface area contributed by atoms with Crippen LogP contribution in [0.25, 0.3) is 0 Å². The average Bonchev–Trinajstić information content (AvgIpc) is 3.28. The van der Waals surface area contributed by atoms with Gasteiger partial charge in [-0.25, -0.2) is 14.8 Å². The second-order valence-electron chi connectivity index (χ2n) is 6.69. The van der Waals surface area contributed by atoms with Crippen LogP contribution in [0.1, 0.15) is 34.3 Å². The number of carbonyl (C=O) groups is 2. The predicted octanol–water partition coefficient (Wildman–Crippen LogP) is 2.18. The third-order valence-electron chi connectivity index (χ3n) is 4.69. The molecule has 0 aliphatic carbocycles. The first-order chi connectivity index (χ1) is 14.9. The van der Waals surface area contributed by atoms with Crippen LogP contribution in [-0.4, -0.2) is 58.5 Å². The van der Waals surface area contributed by atoms with Gasteiger partial charge in [-0.2, -0.15) is 0 Å². The van der Waals surface area contributed by atoms with Gasteiger partial charge in [-0.05, 0) is 18.9 Å². The Hall–Kier alpha value is -3.72. The van der Waals surface area contributed by atoms with Crippen molar-refractivity contribution < 1.29 is 19.2 Å². The highest BCUT2D eigenvalue weighted by Gasteiger charge is 2.27. The van der Waals surface area contributed by atoms with E-state index in [9.17, 15) is 19.7 Å². The molecule has 0 radical (unpaired) electrons. The van der Waals surface area contributed by atoms with Crippen molar-refractivity contribution in [2.45, 2.75) is 18.8 Å². The van der Waals surface area contributed by atoms with Crippen LogP contribution in [0, 0.1) is 22.5 Å². The third kappa shape index (κ3) is 5.26. The van der Waals surface area contributed by atoms with Crippen molar-refractivity contribution in [3.8, 4) is 12.3 Å². The molecule has 1 aliphatic rings. The van der Waals surface area contributed by atoms with Gasteiger partial charge in [0, 0.05) is 43.7 Å². The molecule has 1 aliphatic heterocycles. The highest BCUT2D eigenvalue weighted by Crippen LogP contribution is 2.30. The molecule has 0 saturated carbocycles. The van der Waals surface area contributed by atoms with E-state index in [1.54, 1.807) is 10.3 Å². The van der Waals surface area contributed by atoms with Gasteiger partial charge in [0.15, 0.2) is 6.61 Å². The minimum atomic E-state index is -0.569. The highest BCUT2D eigenvalue weighted by molar-refractivity contribution is 7.09. The number of likely N-dealkylation sites (tertiary alicyclic amines) is 1. The van der Waals surface area contributed by atoms with Gasteiger partial charge in [-0.3, -0.25) is 25.3 Å². The Labute approximate surface area is 182 Å². The fourth-order valence-corrected chi connectivity index (χ4v) is 4.11. The molecule has 11 nitrogen and oxygen atoms in total. The van der Waals surface area contributed by atoms with Crippen molar-refractivity contribution >= 4 is 34.8 Å². The van der Waals surface area contributed by atoms with E-state index in [1.807, 2.05) is 0 Å². The fourth-order valence-electron chi connectivity index (χ4n) is 3.14. The number of rotatable bonds is 6. The second-order valence-corrected chi connectivity index (χ2v) is 7.58. The molecule has 0 aromatic carbocycles. The maximum atomic E-state index is 12.6. The molecule has 12 heteroatoms. The number of thiazole rings is 1.